The molecule has 1 aromatic carbocycles. The number of nitrogens with one attached hydrogen (secondary N) is 2. The van der Waals surface area contributed by atoms with Crippen molar-refractivity contribution in [3.05, 3.63) is 58.2 Å². The summed E-state index contributed by atoms with van der Waals surface area (Å²) in [4.78, 5) is 50.5. The standard InChI is InChI=1S/C39H48N6O5S/c1-6-44-32-15-14-25-18-27(32)28(35(44)26-12-8-16-40-34(26)23(2)49-5)20-39(3,4)22-50-38(48)29-13-9-17-45(43-29)37(47)30(19-33-41-31(25)21-51-33)42-36(46)24-10-7-11-24/h8,12,14-16,18,21,23-24,29-30,43H,6-7,9-11,13,17,19-20,22H2,1-5H3,(H,42,46)/t23-,29-,30-/m0/s1. The minimum Gasteiger partial charge on any atom is -0.464 e. The van der Waals surface area contributed by atoms with Crippen LogP contribution in [0.15, 0.2) is 41.9 Å². The Morgan fingerprint density at radius 2 is 2.02 bits per heavy atom. The second-order valence-corrected chi connectivity index (χ2v) is 15.8. The second kappa shape index (κ2) is 14.5. The van der Waals surface area contributed by atoms with Gasteiger partial charge in [0, 0.05) is 71.6 Å². The maximum atomic E-state index is 14.0. The molecule has 2 aliphatic heterocycles. The minimum atomic E-state index is -0.810. The first kappa shape index (κ1) is 35.3. The molecule has 0 unspecified atom stereocenters. The molecule has 7 rings (SSSR count). The quantitative estimate of drug-likeness (QED) is 0.233. The molecule has 3 aromatic heterocycles. The SMILES string of the molecule is CCn1c(-c2cccnc2[C@H](C)OC)c2c3cc(ccc31)-c1csc(n1)C[C@H](NC(=O)C1CCC1)C(=O)N1CCC[C@H](N1)C(=O)OCC(C)(C)C2. The van der Waals surface area contributed by atoms with Gasteiger partial charge in [0.25, 0.3) is 5.91 Å². The van der Waals surface area contributed by atoms with Crippen LogP contribution in [0.25, 0.3) is 33.4 Å². The zero-order valence-corrected chi connectivity index (χ0v) is 31.0. The number of hydrogen-bond donors (Lipinski definition) is 2. The molecule has 1 aliphatic carbocycles. The average molecular weight is 713 g/mol. The molecule has 1 saturated carbocycles. The molecule has 2 amide bonds. The highest BCUT2D eigenvalue weighted by atomic mass is 32.1. The lowest BCUT2D eigenvalue weighted by Gasteiger charge is -2.36. The van der Waals surface area contributed by atoms with Crippen molar-refractivity contribution in [3.8, 4) is 22.5 Å². The van der Waals surface area contributed by atoms with Crippen LogP contribution in [0.2, 0.25) is 0 Å². The summed E-state index contributed by atoms with van der Waals surface area (Å²) in [5.74, 6) is -0.821. The lowest BCUT2D eigenvalue weighted by Crippen LogP contribution is -2.61. The van der Waals surface area contributed by atoms with E-state index < -0.39 is 17.5 Å². The summed E-state index contributed by atoms with van der Waals surface area (Å²) in [6.45, 7) is 9.77. The van der Waals surface area contributed by atoms with Crippen molar-refractivity contribution in [1.82, 2.24) is 30.3 Å². The van der Waals surface area contributed by atoms with Crippen molar-refractivity contribution in [3.63, 3.8) is 0 Å². The van der Waals surface area contributed by atoms with E-state index in [2.05, 4.69) is 60.3 Å². The number of rotatable bonds is 6. The largest absolute Gasteiger partial charge is 0.464 e. The summed E-state index contributed by atoms with van der Waals surface area (Å²) < 4.78 is 14.2. The monoisotopic (exact) mass is 712 g/mol. The smallest absolute Gasteiger partial charge is 0.324 e. The van der Waals surface area contributed by atoms with Gasteiger partial charge in [-0.3, -0.25) is 24.4 Å². The topological polar surface area (TPSA) is 128 Å². The van der Waals surface area contributed by atoms with E-state index in [9.17, 15) is 14.4 Å². The van der Waals surface area contributed by atoms with E-state index in [1.54, 1.807) is 13.3 Å². The Bertz CT molecular complexity index is 1950. The van der Waals surface area contributed by atoms with Gasteiger partial charge in [-0.2, -0.15) is 0 Å². The summed E-state index contributed by atoms with van der Waals surface area (Å²) in [6, 6.07) is 9.08. The molecule has 1 saturated heterocycles. The maximum Gasteiger partial charge on any atom is 0.324 e. The van der Waals surface area contributed by atoms with Gasteiger partial charge >= 0.3 is 5.97 Å². The molecule has 5 heterocycles. The highest BCUT2D eigenvalue weighted by Crippen LogP contribution is 2.42. The Morgan fingerprint density at radius 1 is 1.20 bits per heavy atom. The fraction of sp³-hybridized carbons (Fsp3) is 0.513. The van der Waals surface area contributed by atoms with Crippen LogP contribution >= 0.6 is 11.3 Å². The van der Waals surface area contributed by atoms with Crippen LogP contribution in [-0.2, 0) is 43.2 Å². The molecule has 2 fully saturated rings. The van der Waals surface area contributed by atoms with E-state index in [1.807, 2.05) is 18.4 Å². The lowest BCUT2D eigenvalue weighted by atomic mass is 9.84. The van der Waals surface area contributed by atoms with Crippen molar-refractivity contribution < 1.29 is 23.9 Å². The number of methoxy groups -OCH3 is 1. The molecule has 0 radical (unpaired) electrons. The highest BCUT2D eigenvalue weighted by Gasteiger charge is 2.37. The summed E-state index contributed by atoms with van der Waals surface area (Å²) >= 11 is 1.49. The van der Waals surface area contributed by atoms with E-state index in [4.69, 9.17) is 19.4 Å². The number of hydrogen-bond acceptors (Lipinski definition) is 9. The number of thiazole rings is 1. The Labute approximate surface area is 303 Å². The minimum absolute atomic E-state index is 0.0696. The zero-order chi connectivity index (χ0) is 35.9. The van der Waals surface area contributed by atoms with Crippen molar-refractivity contribution in [1.29, 1.82) is 0 Å². The summed E-state index contributed by atoms with van der Waals surface area (Å²) in [5, 5.41) is 8.43. The normalized spacial score (nSPS) is 21.9. The third-order valence-electron chi connectivity index (χ3n) is 10.6. The molecule has 3 aliphatic rings. The van der Waals surface area contributed by atoms with E-state index in [0.717, 1.165) is 75.5 Å². The molecule has 4 aromatic rings. The van der Waals surface area contributed by atoms with Crippen LogP contribution < -0.4 is 10.7 Å². The summed E-state index contributed by atoms with van der Waals surface area (Å²) in [6.07, 6.45) is 6.36. The molecule has 2 N–H and O–H groups in total. The average Bonchev–Trinajstić information content (AvgIpc) is 3.70. The first-order valence-electron chi connectivity index (χ1n) is 18.2. The van der Waals surface area contributed by atoms with Crippen LogP contribution in [0.4, 0.5) is 0 Å². The third-order valence-corrected chi connectivity index (χ3v) is 11.5. The Hall–Kier alpha value is -4.13. The van der Waals surface area contributed by atoms with Crippen molar-refractivity contribution >= 4 is 40.0 Å². The number of aromatic nitrogens is 3. The summed E-state index contributed by atoms with van der Waals surface area (Å²) in [5.41, 5.74) is 9.70. The van der Waals surface area contributed by atoms with Gasteiger partial charge in [-0.25, -0.2) is 10.4 Å². The first-order chi connectivity index (χ1) is 24.6. The van der Waals surface area contributed by atoms with Gasteiger partial charge in [0.05, 0.1) is 34.8 Å². The van der Waals surface area contributed by atoms with Gasteiger partial charge in [-0.1, -0.05) is 26.3 Å². The maximum absolute atomic E-state index is 14.0. The van der Waals surface area contributed by atoms with Crippen LogP contribution in [0.3, 0.4) is 0 Å². The van der Waals surface area contributed by atoms with Crippen molar-refractivity contribution in [2.45, 2.75) is 97.4 Å². The Morgan fingerprint density at radius 3 is 2.76 bits per heavy atom. The number of pyridine rings is 1. The number of carbonyl (C=O) groups excluding carboxylic acids is 3. The van der Waals surface area contributed by atoms with Crippen molar-refractivity contribution in [2.24, 2.45) is 11.3 Å². The molecular weight excluding hydrogens is 665 g/mol. The fourth-order valence-electron chi connectivity index (χ4n) is 7.52. The van der Waals surface area contributed by atoms with E-state index >= 15 is 0 Å². The zero-order valence-electron chi connectivity index (χ0n) is 30.2. The van der Waals surface area contributed by atoms with Gasteiger partial charge in [0.2, 0.25) is 5.91 Å². The third kappa shape index (κ3) is 7.05. The second-order valence-electron chi connectivity index (χ2n) is 14.9. The van der Waals surface area contributed by atoms with Crippen LogP contribution in [0, 0.1) is 11.3 Å². The molecule has 12 heteroatoms. The molecule has 0 spiro atoms. The molecule has 3 atom stereocenters. The molecule has 270 valence electrons. The number of nitrogens with zero attached hydrogens (tertiary/aromatic N) is 4. The Balaban J connectivity index is 1.36. The molecular formula is C39H48N6O5S. The van der Waals surface area contributed by atoms with E-state index in [1.165, 1.54) is 16.3 Å². The highest BCUT2D eigenvalue weighted by molar-refractivity contribution is 7.10. The molecule has 11 nitrogen and oxygen atoms in total. The number of ether oxygens (including phenoxy) is 2. The Kier molecular flexibility index (Phi) is 10.0. The van der Waals surface area contributed by atoms with E-state index in [0.29, 0.717) is 25.8 Å². The van der Waals surface area contributed by atoms with Gasteiger partial charge in [0.15, 0.2) is 0 Å². The van der Waals surface area contributed by atoms with E-state index in [-0.39, 0.29) is 42.8 Å². The number of cyclic esters (lactones) is 1. The number of aryl methyl sites for hydroxylation is 1. The molecule has 51 heavy (non-hydrogen) atoms. The van der Waals surface area contributed by atoms with Crippen LogP contribution in [0.5, 0.6) is 0 Å². The summed E-state index contributed by atoms with van der Waals surface area (Å²) in [7, 11) is 1.70. The van der Waals surface area contributed by atoms with Gasteiger partial charge in [-0.15, -0.1) is 11.3 Å². The van der Waals surface area contributed by atoms with Crippen molar-refractivity contribution in [2.75, 3.05) is 20.3 Å². The van der Waals surface area contributed by atoms with Crippen LogP contribution in [-0.4, -0.2) is 69.7 Å². The number of amides is 2. The lowest BCUT2D eigenvalue weighted by molar-refractivity contribution is -0.155. The number of benzene rings is 1. The fourth-order valence-corrected chi connectivity index (χ4v) is 8.37. The number of carbonyl (C=O) groups is 3. The predicted octanol–water partition coefficient (Wildman–Crippen LogP) is 6.00. The predicted molar refractivity (Wildman–Crippen MR) is 197 cm³/mol. The number of fused-ring (bicyclic) bond motifs is 6. The number of esters is 1. The first-order valence-corrected chi connectivity index (χ1v) is 19.1. The van der Waals surface area contributed by atoms with Gasteiger partial charge < -0.3 is 19.4 Å². The number of hydrazine groups is 1. The molecule has 6 bridgehead atoms. The van der Waals surface area contributed by atoms with Crippen LogP contribution in [0.1, 0.15) is 82.2 Å². The van der Waals surface area contributed by atoms with Gasteiger partial charge in [0.1, 0.15) is 12.1 Å². The van der Waals surface area contributed by atoms with Gasteiger partial charge in [-0.05, 0) is 75.8 Å².